The smallest absolute Gasteiger partial charge is 0.416 e. The number of ether oxygens (including phenoxy) is 2. The fourth-order valence-electron chi connectivity index (χ4n) is 3.59. The minimum absolute atomic E-state index is 0.134. The van der Waals surface area contributed by atoms with Gasteiger partial charge in [-0.05, 0) is 61.1 Å². The van der Waals surface area contributed by atoms with E-state index in [1.165, 1.54) is 30.6 Å². The second-order valence-electron chi connectivity index (χ2n) is 8.50. The third-order valence-corrected chi connectivity index (χ3v) is 6.72. The van der Waals surface area contributed by atoms with Crippen molar-refractivity contribution in [2.24, 2.45) is 0 Å². The van der Waals surface area contributed by atoms with E-state index in [0.29, 0.717) is 29.2 Å². The van der Waals surface area contributed by atoms with Crippen LogP contribution in [0.1, 0.15) is 59.6 Å². The van der Waals surface area contributed by atoms with Crippen LogP contribution >= 0.6 is 11.3 Å². The van der Waals surface area contributed by atoms with Crippen molar-refractivity contribution in [3.63, 3.8) is 0 Å². The van der Waals surface area contributed by atoms with Gasteiger partial charge in [-0.25, -0.2) is 9.78 Å². The molecule has 188 valence electrons. The largest absolute Gasteiger partial charge is 0.482 e. The maximum absolute atomic E-state index is 12.9. The van der Waals surface area contributed by atoms with Gasteiger partial charge >= 0.3 is 12.1 Å². The van der Waals surface area contributed by atoms with Crippen molar-refractivity contribution in [3.05, 3.63) is 69.7 Å². The number of halogens is 3. The molecule has 3 rings (SSSR count). The third kappa shape index (κ3) is 6.82. The molecule has 5 nitrogen and oxygen atoms in total. The first-order valence-electron chi connectivity index (χ1n) is 11.1. The number of aliphatic hydroxyl groups excluding tert-OH is 1. The molecule has 0 saturated heterocycles. The average molecular weight is 508 g/mol. The molecule has 0 spiro atoms. The fourth-order valence-corrected chi connectivity index (χ4v) is 4.83. The molecule has 1 unspecified atom stereocenters. The topological polar surface area (TPSA) is 68.7 Å². The van der Waals surface area contributed by atoms with E-state index in [4.69, 9.17) is 9.72 Å². The van der Waals surface area contributed by atoms with Crippen LogP contribution in [0.3, 0.4) is 0 Å². The second-order valence-corrected chi connectivity index (χ2v) is 9.59. The van der Waals surface area contributed by atoms with Crippen molar-refractivity contribution >= 4 is 17.3 Å². The highest BCUT2D eigenvalue weighted by atomic mass is 32.1. The Kier molecular flexibility index (Phi) is 8.56. The quantitative estimate of drug-likeness (QED) is 0.336. The molecule has 0 fully saturated rings. The summed E-state index contributed by atoms with van der Waals surface area (Å²) >= 11 is 1.44. The van der Waals surface area contributed by atoms with Crippen LogP contribution in [-0.2, 0) is 22.1 Å². The Balaban J connectivity index is 1.71. The summed E-state index contributed by atoms with van der Waals surface area (Å²) in [5, 5.41) is 11.4. The number of thiazole rings is 1. The lowest BCUT2D eigenvalue weighted by molar-refractivity contribution is -0.143. The van der Waals surface area contributed by atoms with Crippen molar-refractivity contribution < 1.29 is 32.5 Å². The summed E-state index contributed by atoms with van der Waals surface area (Å²) in [7, 11) is 1.29. The number of carbonyl (C=O) groups is 1. The normalized spacial score (nSPS) is 12.6. The Morgan fingerprint density at radius 3 is 2.40 bits per heavy atom. The van der Waals surface area contributed by atoms with E-state index in [1.54, 1.807) is 12.1 Å². The molecule has 0 radical (unpaired) electrons. The minimum Gasteiger partial charge on any atom is -0.482 e. The Bertz CT molecular complexity index is 1160. The zero-order valence-electron chi connectivity index (χ0n) is 20.0. The number of carbonyl (C=O) groups excluding carboxylic acids is 1. The van der Waals surface area contributed by atoms with Gasteiger partial charge in [0.15, 0.2) is 6.61 Å². The molecule has 0 bridgehead atoms. The molecule has 3 aromatic rings. The zero-order valence-corrected chi connectivity index (χ0v) is 20.8. The van der Waals surface area contributed by atoms with Crippen molar-refractivity contribution in [1.82, 2.24) is 4.98 Å². The van der Waals surface area contributed by atoms with Gasteiger partial charge in [0.2, 0.25) is 0 Å². The Morgan fingerprint density at radius 2 is 1.83 bits per heavy atom. The number of hydrogen-bond donors (Lipinski definition) is 1. The van der Waals surface area contributed by atoms with E-state index in [0.717, 1.165) is 33.8 Å². The van der Waals surface area contributed by atoms with Crippen LogP contribution in [0.15, 0.2) is 42.5 Å². The van der Waals surface area contributed by atoms with Gasteiger partial charge < -0.3 is 14.6 Å². The van der Waals surface area contributed by atoms with Crippen LogP contribution < -0.4 is 4.74 Å². The first kappa shape index (κ1) is 26.7. The lowest BCUT2D eigenvalue weighted by Crippen LogP contribution is -2.13. The van der Waals surface area contributed by atoms with Gasteiger partial charge in [0.05, 0.1) is 24.5 Å². The predicted octanol–water partition coefficient (Wildman–Crippen LogP) is 6.48. The molecule has 35 heavy (non-hydrogen) atoms. The van der Waals surface area contributed by atoms with E-state index in [1.807, 2.05) is 26.8 Å². The highest BCUT2D eigenvalue weighted by molar-refractivity contribution is 7.15. The Labute approximate surface area is 206 Å². The lowest BCUT2D eigenvalue weighted by atomic mass is 10.00. The monoisotopic (exact) mass is 507 g/mol. The zero-order chi connectivity index (χ0) is 25.8. The molecular formula is C26H28F3NO4S. The summed E-state index contributed by atoms with van der Waals surface area (Å²) in [5.41, 5.74) is 2.35. The highest BCUT2D eigenvalue weighted by Crippen LogP contribution is 2.36. The molecule has 0 aliphatic heterocycles. The summed E-state index contributed by atoms with van der Waals surface area (Å²) in [6, 6.07) is 10.3. The van der Waals surface area contributed by atoms with Gasteiger partial charge in [0.1, 0.15) is 10.8 Å². The molecule has 1 atom stereocenters. The summed E-state index contributed by atoms with van der Waals surface area (Å²) < 4.78 is 48.7. The number of rotatable bonds is 9. The standard InChI is InChI=1S/C26H28F3NO4S/c1-15(2)24-22(35-25(30-24)17-5-8-19(9-6-17)26(27,28)29)12-10-20(31)18-7-11-21(16(3)13-18)34-14-23(32)33-4/h5-9,11,13,15,20,31H,10,12,14H2,1-4H3. The average Bonchev–Trinajstić information content (AvgIpc) is 3.25. The van der Waals surface area contributed by atoms with Gasteiger partial charge in [-0.1, -0.05) is 32.0 Å². The van der Waals surface area contributed by atoms with E-state index in [9.17, 15) is 23.1 Å². The van der Waals surface area contributed by atoms with Gasteiger partial charge in [0.25, 0.3) is 0 Å². The van der Waals surface area contributed by atoms with Crippen LogP contribution in [-0.4, -0.2) is 29.8 Å². The number of esters is 1. The van der Waals surface area contributed by atoms with Crippen molar-refractivity contribution in [2.45, 2.75) is 51.8 Å². The van der Waals surface area contributed by atoms with Crippen molar-refractivity contribution in [1.29, 1.82) is 0 Å². The number of aromatic nitrogens is 1. The molecular weight excluding hydrogens is 479 g/mol. The maximum Gasteiger partial charge on any atom is 0.416 e. The Morgan fingerprint density at radius 1 is 1.14 bits per heavy atom. The summed E-state index contributed by atoms with van der Waals surface area (Å²) in [6.45, 7) is 5.67. The minimum atomic E-state index is -4.38. The Hall–Kier alpha value is -2.91. The maximum atomic E-state index is 12.9. The van der Waals surface area contributed by atoms with E-state index < -0.39 is 23.8 Å². The number of alkyl halides is 3. The van der Waals surface area contributed by atoms with Crippen LogP contribution in [0.2, 0.25) is 0 Å². The van der Waals surface area contributed by atoms with Crippen LogP contribution in [0.25, 0.3) is 10.6 Å². The first-order chi connectivity index (χ1) is 16.5. The molecule has 0 aliphatic carbocycles. The molecule has 9 heteroatoms. The van der Waals surface area contributed by atoms with Gasteiger partial charge in [0, 0.05) is 10.4 Å². The summed E-state index contributed by atoms with van der Waals surface area (Å²) in [4.78, 5) is 17.0. The first-order valence-corrected chi connectivity index (χ1v) is 12.0. The molecule has 1 N–H and O–H groups in total. The molecule has 1 heterocycles. The van der Waals surface area contributed by atoms with E-state index >= 15 is 0 Å². The van der Waals surface area contributed by atoms with E-state index in [-0.39, 0.29) is 12.5 Å². The van der Waals surface area contributed by atoms with Gasteiger partial charge in [-0.15, -0.1) is 11.3 Å². The number of aryl methyl sites for hydroxylation is 2. The third-order valence-electron chi connectivity index (χ3n) is 5.54. The predicted molar refractivity (Wildman–Crippen MR) is 129 cm³/mol. The number of benzene rings is 2. The van der Waals surface area contributed by atoms with Crippen LogP contribution in [0.4, 0.5) is 13.2 Å². The molecule has 0 saturated carbocycles. The van der Waals surface area contributed by atoms with Crippen LogP contribution in [0.5, 0.6) is 5.75 Å². The van der Waals surface area contributed by atoms with Gasteiger partial charge in [-0.2, -0.15) is 13.2 Å². The number of methoxy groups -OCH3 is 1. The van der Waals surface area contributed by atoms with Crippen LogP contribution in [0, 0.1) is 6.92 Å². The lowest BCUT2D eigenvalue weighted by Gasteiger charge is -2.14. The summed E-state index contributed by atoms with van der Waals surface area (Å²) in [5.74, 6) is 0.196. The molecule has 1 aromatic heterocycles. The van der Waals surface area contributed by atoms with Gasteiger partial charge in [-0.3, -0.25) is 0 Å². The molecule has 0 amide bonds. The fraction of sp³-hybridized carbons (Fsp3) is 0.385. The number of aliphatic hydroxyl groups is 1. The molecule has 2 aromatic carbocycles. The number of hydrogen-bond acceptors (Lipinski definition) is 6. The molecule has 0 aliphatic rings. The second kappa shape index (κ2) is 11.2. The SMILES string of the molecule is COC(=O)COc1ccc(C(O)CCc2sc(-c3ccc(C(F)(F)F)cc3)nc2C(C)C)cc1C. The van der Waals surface area contributed by atoms with E-state index in [2.05, 4.69) is 4.74 Å². The summed E-state index contributed by atoms with van der Waals surface area (Å²) in [6.07, 6.45) is -4.07. The van der Waals surface area contributed by atoms with Crippen molar-refractivity contribution in [3.8, 4) is 16.3 Å². The van der Waals surface area contributed by atoms with Crippen molar-refractivity contribution in [2.75, 3.05) is 13.7 Å². The highest BCUT2D eigenvalue weighted by Gasteiger charge is 2.30. The number of nitrogens with zero attached hydrogens (tertiary/aromatic N) is 1.